The summed E-state index contributed by atoms with van der Waals surface area (Å²) in [4.78, 5) is 20.5. The molecule has 1 aliphatic rings. The lowest BCUT2D eigenvalue weighted by Crippen LogP contribution is -2.26. The first-order chi connectivity index (χ1) is 7.47. The lowest BCUT2D eigenvalue weighted by atomic mass is 9.95. The second-order valence-corrected chi connectivity index (χ2v) is 3.94. The van der Waals surface area contributed by atoms with Gasteiger partial charge in [0.15, 0.2) is 0 Å². The number of nitrogens with zero attached hydrogens (tertiary/aromatic N) is 1. The zero-order chi connectivity index (χ0) is 12.6. The van der Waals surface area contributed by atoms with Crippen molar-refractivity contribution in [2.45, 2.75) is 51.2 Å². The van der Waals surface area contributed by atoms with Crippen molar-refractivity contribution >= 4 is 5.78 Å². The van der Waals surface area contributed by atoms with Crippen LogP contribution in [0.1, 0.15) is 39.0 Å². The number of hydrogen-bond donors (Lipinski definition) is 2. The summed E-state index contributed by atoms with van der Waals surface area (Å²) in [5, 5.41) is 26.6. The van der Waals surface area contributed by atoms with Gasteiger partial charge in [-0.15, -0.1) is 0 Å². The van der Waals surface area contributed by atoms with E-state index in [-0.39, 0.29) is 29.8 Å². The Morgan fingerprint density at radius 1 is 1.62 bits per heavy atom. The fraction of sp³-hybridized carbons (Fsp3) is 0.900. The van der Waals surface area contributed by atoms with Crippen LogP contribution >= 0.6 is 0 Å². The van der Waals surface area contributed by atoms with Crippen molar-refractivity contribution < 1.29 is 19.9 Å². The Balaban J connectivity index is 0.000000325. The van der Waals surface area contributed by atoms with Gasteiger partial charge in [0.25, 0.3) is 0 Å². The zero-order valence-electron chi connectivity index (χ0n) is 9.46. The maximum Gasteiger partial charge on any atom is 0.220 e. The Morgan fingerprint density at radius 3 is 2.50 bits per heavy atom. The van der Waals surface area contributed by atoms with Crippen LogP contribution in [0.25, 0.3) is 0 Å². The molecule has 1 aliphatic carbocycles. The predicted octanol–water partition coefficient (Wildman–Crippen LogP) is 0.524. The average Bonchev–Trinajstić information content (AvgIpc) is 2.18. The first-order valence-corrected chi connectivity index (χ1v) is 5.41. The molecule has 2 unspecified atom stereocenters. The number of aliphatic hydroxyl groups is 2. The number of hydrogen-bond acceptors (Lipinski definition) is 5. The van der Waals surface area contributed by atoms with Gasteiger partial charge in [-0.25, -0.2) is 0 Å². The topological polar surface area (TPSA) is 101 Å². The molecule has 0 aliphatic heterocycles. The molecular formula is C10H19NO5. The summed E-state index contributed by atoms with van der Waals surface area (Å²) in [7, 11) is 0. The Labute approximate surface area is 94.4 Å². The molecule has 0 heterocycles. The van der Waals surface area contributed by atoms with E-state index in [0.717, 1.165) is 0 Å². The average molecular weight is 233 g/mol. The van der Waals surface area contributed by atoms with Crippen LogP contribution in [0, 0.1) is 10.1 Å². The molecule has 6 heteroatoms. The molecule has 2 atom stereocenters. The van der Waals surface area contributed by atoms with Gasteiger partial charge in [-0.2, -0.15) is 0 Å². The maximum absolute atomic E-state index is 10.7. The van der Waals surface area contributed by atoms with Gasteiger partial charge >= 0.3 is 0 Å². The second-order valence-electron chi connectivity index (χ2n) is 3.94. The third-order valence-corrected chi connectivity index (χ3v) is 2.30. The SMILES string of the molecule is CC(O)CCO.O=C1CCCC([N+](=O)[O-])C1. The van der Waals surface area contributed by atoms with Crippen molar-refractivity contribution in [1.29, 1.82) is 0 Å². The molecule has 0 aromatic heterocycles. The van der Waals surface area contributed by atoms with Gasteiger partial charge in [-0.1, -0.05) is 0 Å². The molecule has 0 radical (unpaired) electrons. The number of carbonyl (C=O) groups excluding carboxylic acids is 1. The smallest absolute Gasteiger partial charge is 0.220 e. The quantitative estimate of drug-likeness (QED) is 0.546. The first-order valence-electron chi connectivity index (χ1n) is 5.41. The van der Waals surface area contributed by atoms with Gasteiger partial charge in [-0.05, 0) is 19.8 Å². The van der Waals surface area contributed by atoms with Crippen LogP contribution in [-0.4, -0.2) is 39.7 Å². The van der Waals surface area contributed by atoms with E-state index >= 15 is 0 Å². The largest absolute Gasteiger partial charge is 0.396 e. The van der Waals surface area contributed by atoms with Crippen molar-refractivity contribution in [3.05, 3.63) is 10.1 Å². The van der Waals surface area contributed by atoms with E-state index < -0.39 is 6.04 Å². The fourth-order valence-electron chi connectivity index (χ4n) is 1.37. The minimum Gasteiger partial charge on any atom is -0.396 e. The Bertz CT molecular complexity index is 227. The van der Waals surface area contributed by atoms with Gasteiger partial charge in [0, 0.05) is 24.4 Å². The van der Waals surface area contributed by atoms with Gasteiger partial charge in [-0.3, -0.25) is 14.9 Å². The van der Waals surface area contributed by atoms with E-state index in [9.17, 15) is 14.9 Å². The summed E-state index contributed by atoms with van der Waals surface area (Å²) < 4.78 is 0. The Hall–Kier alpha value is -1.01. The van der Waals surface area contributed by atoms with E-state index in [0.29, 0.717) is 25.7 Å². The van der Waals surface area contributed by atoms with Gasteiger partial charge in [0.1, 0.15) is 5.78 Å². The highest BCUT2D eigenvalue weighted by Gasteiger charge is 2.27. The summed E-state index contributed by atoms with van der Waals surface area (Å²) >= 11 is 0. The number of ketones is 1. The highest BCUT2D eigenvalue weighted by molar-refractivity contribution is 5.79. The third kappa shape index (κ3) is 7.30. The normalized spacial score (nSPS) is 21.9. The van der Waals surface area contributed by atoms with Gasteiger partial charge in [0.05, 0.1) is 12.5 Å². The lowest BCUT2D eigenvalue weighted by Gasteiger charge is -2.12. The van der Waals surface area contributed by atoms with Crippen molar-refractivity contribution in [3.63, 3.8) is 0 Å². The van der Waals surface area contributed by atoms with E-state index in [1.165, 1.54) is 0 Å². The molecule has 1 fully saturated rings. The first kappa shape index (κ1) is 15.0. The summed E-state index contributed by atoms with van der Waals surface area (Å²) in [6.45, 7) is 1.73. The van der Waals surface area contributed by atoms with E-state index in [4.69, 9.17) is 10.2 Å². The van der Waals surface area contributed by atoms with E-state index in [1.807, 2.05) is 0 Å². The zero-order valence-corrected chi connectivity index (χ0v) is 9.46. The number of carbonyl (C=O) groups is 1. The molecule has 1 rings (SSSR count). The van der Waals surface area contributed by atoms with Crippen molar-refractivity contribution in [2.24, 2.45) is 0 Å². The highest BCUT2D eigenvalue weighted by atomic mass is 16.6. The van der Waals surface area contributed by atoms with E-state index in [2.05, 4.69) is 0 Å². The molecule has 0 saturated heterocycles. The fourth-order valence-corrected chi connectivity index (χ4v) is 1.37. The monoisotopic (exact) mass is 233 g/mol. The van der Waals surface area contributed by atoms with Gasteiger partial charge < -0.3 is 10.2 Å². The summed E-state index contributed by atoms with van der Waals surface area (Å²) in [6.07, 6.45) is 2.07. The number of Topliss-reactive ketones (excluding diaryl/α,β-unsaturated/α-hetero) is 1. The molecule has 0 amide bonds. The summed E-state index contributed by atoms with van der Waals surface area (Å²) in [5.41, 5.74) is 0. The van der Waals surface area contributed by atoms with E-state index in [1.54, 1.807) is 6.92 Å². The van der Waals surface area contributed by atoms with Crippen LogP contribution in [0.2, 0.25) is 0 Å². The van der Waals surface area contributed by atoms with Crippen LogP contribution in [-0.2, 0) is 4.79 Å². The highest BCUT2D eigenvalue weighted by Crippen LogP contribution is 2.16. The minimum absolute atomic E-state index is 0.0351. The van der Waals surface area contributed by atoms with Crippen molar-refractivity contribution in [3.8, 4) is 0 Å². The molecule has 94 valence electrons. The molecular weight excluding hydrogens is 214 g/mol. The molecule has 0 aromatic carbocycles. The molecule has 16 heavy (non-hydrogen) atoms. The number of rotatable bonds is 3. The standard InChI is InChI=1S/C6H9NO3.C4H10O2/c8-6-3-1-2-5(4-6)7(9)10;1-4(6)2-3-5/h5H,1-4H2;4-6H,2-3H2,1H3. The molecule has 0 bridgehead atoms. The number of nitro groups is 1. The van der Waals surface area contributed by atoms with Gasteiger partial charge in [0.2, 0.25) is 6.04 Å². The summed E-state index contributed by atoms with van der Waals surface area (Å²) in [6, 6.07) is -0.596. The van der Waals surface area contributed by atoms with Crippen LogP contribution in [0.5, 0.6) is 0 Å². The van der Waals surface area contributed by atoms with Crippen LogP contribution in [0.3, 0.4) is 0 Å². The second kappa shape index (κ2) is 8.18. The van der Waals surface area contributed by atoms with Crippen molar-refractivity contribution in [2.75, 3.05) is 6.61 Å². The predicted molar refractivity (Wildman–Crippen MR) is 57.6 cm³/mol. The molecule has 0 spiro atoms. The lowest BCUT2D eigenvalue weighted by molar-refractivity contribution is -0.523. The molecule has 2 N–H and O–H groups in total. The third-order valence-electron chi connectivity index (χ3n) is 2.30. The Morgan fingerprint density at radius 2 is 2.25 bits per heavy atom. The van der Waals surface area contributed by atoms with Crippen molar-refractivity contribution in [1.82, 2.24) is 0 Å². The Kier molecular flexibility index (Phi) is 7.66. The molecule has 1 saturated carbocycles. The summed E-state index contributed by atoms with van der Waals surface area (Å²) in [5.74, 6) is 0.0351. The molecule has 0 aromatic rings. The number of aliphatic hydroxyl groups excluding tert-OH is 2. The minimum atomic E-state index is -0.596. The van der Waals surface area contributed by atoms with Crippen LogP contribution in [0.4, 0.5) is 0 Å². The maximum atomic E-state index is 10.7. The molecule has 6 nitrogen and oxygen atoms in total. The van der Waals surface area contributed by atoms with Crippen LogP contribution in [0.15, 0.2) is 0 Å². The van der Waals surface area contributed by atoms with Crippen LogP contribution < -0.4 is 0 Å².